The van der Waals surface area contributed by atoms with Crippen molar-refractivity contribution in [3.8, 4) is 0 Å². The van der Waals surface area contributed by atoms with Gasteiger partial charge in [0.05, 0.1) is 11.1 Å². The van der Waals surface area contributed by atoms with Crippen LogP contribution in [0.1, 0.15) is 23.2 Å². The van der Waals surface area contributed by atoms with Crippen molar-refractivity contribution < 1.29 is 19.1 Å². The van der Waals surface area contributed by atoms with Crippen molar-refractivity contribution >= 4 is 17.7 Å². The zero-order valence-electron chi connectivity index (χ0n) is 11.4. The fraction of sp³-hybridized carbons (Fsp3) is 0.429. The van der Waals surface area contributed by atoms with Gasteiger partial charge < -0.3 is 15.7 Å². The number of amides is 2. The van der Waals surface area contributed by atoms with E-state index in [1.807, 2.05) is 4.90 Å². The number of anilines is 1. The first kappa shape index (κ1) is 13.7. The Kier molecular flexibility index (Phi) is 3.00. The smallest absolute Gasteiger partial charge is 0.407 e. The lowest BCUT2D eigenvalue weighted by molar-refractivity contribution is 0.0995. The van der Waals surface area contributed by atoms with Crippen LogP contribution in [0.3, 0.4) is 0 Å². The first-order chi connectivity index (χ1) is 9.93. The molecule has 3 rings (SSSR count). The van der Waals surface area contributed by atoms with Gasteiger partial charge in [-0.3, -0.25) is 9.69 Å². The molecule has 112 valence electrons. The van der Waals surface area contributed by atoms with E-state index >= 15 is 0 Å². The van der Waals surface area contributed by atoms with Crippen molar-refractivity contribution in [2.45, 2.75) is 18.4 Å². The average molecular weight is 293 g/mol. The Balaban J connectivity index is 1.82. The number of carboxylic acid groups (broad SMARTS) is 1. The minimum absolute atomic E-state index is 0.135. The predicted molar refractivity (Wildman–Crippen MR) is 73.8 cm³/mol. The highest BCUT2D eigenvalue weighted by Gasteiger charge is 2.53. The molecule has 7 heteroatoms. The van der Waals surface area contributed by atoms with Gasteiger partial charge >= 0.3 is 6.09 Å². The number of rotatable bonds is 2. The Morgan fingerprint density at radius 1 is 1.29 bits per heavy atom. The van der Waals surface area contributed by atoms with Crippen LogP contribution < -0.4 is 10.6 Å². The Morgan fingerprint density at radius 2 is 2.00 bits per heavy atom. The van der Waals surface area contributed by atoms with Crippen LogP contribution in [0.25, 0.3) is 0 Å². The standard InChI is InChI=1S/C14H16FN3O3/c15-11-7-9(1-2-10(11)12(16)19)17-5-6-18(13(20)21)14(8-17)3-4-14/h1-2,7H,3-6,8H2,(H2,16,19)(H,20,21). The number of benzene rings is 1. The number of halogens is 1. The fourth-order valence-electron chi connectivity index (χ4n) is 2.97. The topological polar surface area (TPSA) is 86.9 Å². The molecule has 0 bridgehead atoms. The third-order valence-corrected chi connectivity index (χ3v) is 4.29. The Morgan fingerprint density at radius 3 is 2.52 bits per heavy atom. The third kappa shape index (κ3) is 2.28. The summed E-state index contributed by atoms with van der Waals surface area (Å²) in [6, 6.07) is 4.30. The van der Waals surface area contributed by atoms with E-state index in [1.54, 1.807) is 6.07 Å². The van der Waals surface area contributed by atoms with Gasteiger partial charge in [-0.15, -0.1) is 0 Å². The highest BCUT2D eigenvalue weighted by atomic mass is 19.1. The first-order valence-corrected chi connectivity index (χ1v) is 6.78. The molecule has 1 aromatic rings. The fourth-order valence-corrected chi connectivity index (χ4v) is 2.97. The summed E-state index contributed by atoms with van der Waals surface area (Å²) >= 11 is 0. The van der Waals surface area contributed by atoms with Crippen molar-refractivity contribution in [3.05, 3.63) is 29.6 Å². The lowest BCUT2D eigenvalue weighted by atomic mass is 10.1. The van der Waals surface area contributed by atoms with Gasteiger partial charge in [-0.25, -0.2) is 9.18 Å². The molecule has 0 atom stereocenters. The lowest BCUT2D eigenvalue weighted by Crippen LogP contribution is -2.56. The number of piperazine rings is 1. The van der Waals surface area contributed by atoms with Gasteiger partial charge in [0.1, 0.15) is 5.82 Å². The minimum atomic E-state index is -0.901. The van der Waals surface area contributed by atoms with Crippen LogP contribution in [-0.2, 0) is 0 Å². The Labute approximate surface area is 120 Å². The highest BCUT2D eigenvalue weighted by molar-refractivity contribution is 5.93. The quantitative estimate of drug-likeness (QED) is 0.859. The van der Waals surface area contributed by atoms with Gasteiger partial charge in [0.2, 0.25) is 0 Å². The molecule has 0 radical (unpaired) electrons. The summed E-state index contributed by atoms with van der Waals surface area (Å²) in [4.78, 5) is 25.7. The summed E-state index contributed by atoms with van der Waals surface area (Å²) < 4.78 is 13.8. The molecule has 21 heavy (non-hydrogen) atoms. The molecule has 2 aliphatic rings. The van der Waals surface area contributed by atoms with Gasteiger partial charge in [-0.1, -0.05) is 0 Å². The van der Waals surface area contributed by atoms with Crippen molar-refractivity contribution in [2.24, 2.45) is 5.73 Å². The van der Waals surface area contributed by atoms with Crippen LogP contribution in [0, 0.1) is 5.82 Å². The second-order valence-corrected chi connectivity index (χ2v) is 5.61. The molecule has 2 amide bonds. The predicted octanol–water partition coefficient (Wildman–Crippen LogP) is 1.26. The van der Waals surface area contributed by atoms with E-state index in [1.165, 1.54) is 17.0 Å². The second kappa shape index (κ2) is 4.61. The monoisotopic (exact) mass is 293 g/mol. The number of nitrogens with two attached hydrogens (primary N) is 1. The molecule has 6 nitrogen and oxygen atoms in total. The number of hydrogen-bond donors (Lipinski definition) is 2. The lowest BCUT2D eigenvalue weighted by Gasteiger charge is -2.41. The molecule has 2 fully saturated rings. The van der Waals surface area contributed by atoms with Gasteiger partial charge in [0, 0.05) is 25.3 Å². The summed E-state index contributed by atoms with van der Waals surface area (Å²) in [7, 11) is 0. The van der Waals surface area contributed by atoms with Crippen molar-refractivity contribution in [1.82, 2.24) is 4.90 Å². The number of nitrogens with zero attached hydrogens (tertiary/aromatic N) is 2. The van der Waals surface area contributed by atoms with Crippen LogP contribution in [0.15, 0.2) is 18.2 Å². The Hall–Kier alpha value is -2.31. The van der Waals surface area contributed by atoms with Gasteiger partial charge in [0.15, 0.2) is 0 Å². The maximum Gasteiger partial charge on any atom is 0.407 e. The third-order valence-electron chi connectivity index (χ3n) is 4.29. The maximum absolute atomic E-state index is 13.8. The van der Waals surface area contributed by atoms with E-state index in [2.05, 4.69) is 0 Å². The van der Waals surface area contributed by atoms with Crippen molar-refractivity contribution in [3.63, 3.8) is 0 Å². The molecule has 1 aliphatic carbocycles. The molecule has 1 heterocycles. The minimum Gasteiger partial charge on any atom is -0.465 e. The molecule has 1 saturated heterocycles. The van der Waals surface area contributed by atoms with Crippen LogP contribution in [0.2, 0.25) is 0 Å². The molecule has 3 N–H and O–H groups in total. The summed E-state index contributed by atoms with van der Waals surface area (Å²) in [6.45, 7) is 1.45. The van der Waals surface area contributed by atoms with E-state index in [0.717, 1.165) is 12.8 Å². The number of carbonyl (C=O) groups excluding carboxylic acids is 1. The average Bonchev–Trinajstić information content (AvgIpc) is 3.17. The van der Waals surface area contributed by atoms with Crippen molar-refractivity contribution in [2.75, 3.05) is 24.5 Å². The normalized spacial score (nSPS) is 19.7. The molecule has 1 aliphatic heterocycles. The molecular weight excluding hydrogens is 277 g/mol. The summed E-state index contributed by atoms with van der Waals surface area (Å²) in [5, 5.41) is 9.21. The SMILES string of the molecule is NC(=O)c1ccc(N2CCN(C(=O)O)C3(CC3)C2)cc1F. The van der Waals surface area contributed by atoms with Crippen LogP contribution >= 0.6 is 0 Å². The zero-order valence-corrected chi connectivity index (χ0v) is 11.4. The Bertz CT molecular complexity index is 615. The number of hydrogen-bond acceptors (Lipinski definition) is 3. The van der Waals surface area contributed by atoms with Gasteiger partial charge in [-0.05, 0) is 31.0 Å². The maximum atomic E-state index is 13.8. The molecule has 0 aromatic heterocycles. The number of carbonyl (C=O) groups is 2. The van der Waals surface area contributed by atoms with Gasteiger partial charge in [-0.2, -0.15) is 0 Å². The second-order valence-electron chi connectivity index (χ2n) is 5.61. The van der Waals surface area contributed by atoms with Crippen LogP contribution in [0.5, 0.6) is 0 Å². The van der Waals surface area contributed by atoms with E-state index in [0.29, 0.717) is 25.3 Å². The summed E-state index contributed by atoms with van der Waals surface area (Å²) in [5.74, 6) is -1.45. The van der Waals surface area contributed by atoms with Crippen LogP contribution in [-0.4, -0.2) is 47.2 Å². The van der Waals surface area contributed by atoms with E-state index < -0.39 is 17.8 Å². The number of primary amides is 1. The molecule has 1 aromatic carbocycles. The molecule has 0 unspecified atom stereocenters. The van der Waals surface area contributed by atoms with Crippen molar-refractivity contribution in [1.29, 1.82) is 0 Å². The highest BCUT2D eigenvalue weighted by Crippen LogP contribution is 2.45. The van der Waals surface area contributed by atoms with E-state index in [-0.39, 0.29) is 11.1 Å². The summed E-state index contributed by atoms with van der Waals surface area (Å²) in [6.07, 6.45) is 0.761. The first-order valence-electron chi connectivity index (χ1n) is 6.78. The van der Waals surface area contributed by atoms with E-state index in [9.17, 15) is 19.1 Å². The van der Waals surface area contributed by atoms with Gasteiger partial charge in [0.25, 0.3) is 5.91 Å². The molecule has 1 spiro atoms. The summed E-state index contributed by atoms with van der Waals surface area (Å²) in [5.41, 5.74) is 5.26. The molecule has 1 saturated carbocycles. The van der Waals surface area contributed by atoms with E-state index in [4.69, 9.17) is 5.73 Å². The molecular formula is C14H16FN3O3. The largest absolute Gasteiger partial charge is 0.465 e. The van der Waals surface area contributed by atoms with Crippen LogP contribution in [0.4, 0.5) is 14.9 Å². The zero-order chi connectivity index (χ0) is 15.2.